The molecule has 2 aromatic rings. The number of benzene rings is 2. The Labute approximate surface area is 141 Å². The molecule has 0 unspecified atom stereocenters. The summed E-state index contributed by atoms with van der Waals surface area (Å²) in [4.78, 5) is 12.4. The minimum atomic E-state index is -0.247. The van der Waals surface area contributed by atoms with Gasteiger partial charge in [0.2, 0.25) is 0 Å². The number of nitriles is 1. The van der Waals surface area contributed by atoms with Gasteiger partial charge in [0.15, 0.2) is 11.5 Å². The Balaban J connectivity index is 2.15. The molecule has 0 heterocycles. The Hall–Kier alpha value is -3.00. The minimum absolute atomic E-state index is 0.247. The lowest BCUT2D eigenvalue weighted by molar-refractivity contribution is 0.102. The second kappa shape index (κ2) is 8.59. The van der Waals surface area contributed by atoms with Crippen LogP contribution in [0, 0.1) is 11.3 Å². The molecule has 5 heteroatoms. The van der Waals surface area contributed by atoms with Crippen LogP contribution in [0.3, 0.4) is 0 Å². The van der Waals surface area contributed by atoms with Gasteiger partial charge in [-0.1, -0.05) is 6.92 Å². The monoisotopic (exact) mass is 324 g/mol. The molecule has 0 fully saturated rings. The topological polar surface area (TPSA) is 71.3 Å². The summed E-state index contributed by atoms with van der Waals surface area (Å²) in [7, 11) is 0. The number of hydrogen-bond acceptors (Lipinski definition) is 4. The third-order valence-electron chi connectivity index (χ3n) is 3.24. The summed E-state index contributed by atoms with van der Waals surface area (Å²) in [6, 6.07) is 13.9. The highest BCUT2D eigenvalue weighted by atomic mass is 16.5. The molecule has 0 saturated carbocycles. The van der Waals surface area contributed by atoms with Crippen molar-refractivity contribution in [3.05, 3.63) is 53.6 Å². The van der Waals surface area contributed by atoms with Gasteiger partial charge in [0.1, 0.15) is 0 Å². The zero-order chi connectivity index (χ0) is 17.4. The highest BCUT2D eigenvalue weighted by Gasteiger charge is 2.12. The zero-order valence-electron chi connectivity index (χ0n) is 13.8. The molecule has 0 aromatic heterocycles. The van der Waals surface area contributed by atoms with E-state index < -0.39 is 0 Å². The van der Waals surface area contributed by atoms with E-state index in [-0.39, 0.29) is 5.91 Å². The Morgan fingerprint density at radius 3 is 2.46 bits per heavy atom. The average Bonchev–Trinajstić information content (AvgIpc) is 2.61. The first-order chi connectivity index (χ1) is 11.7. The summed E-state index contributed by atoms with van der Waals surface area (Å²) >= 11 is 0. The molecule has 0 spiro atoms. The molecule has 0 atom stereocenters. The largest absolute Gasteiger partial charge is 0.490 e. The fourth-order valence-corrected chi connectivity index (χ4v) is 2.08. The van der Waals surface area contributed by atoms with Crippen LogP contribution in [0.2, 0.25) is 0 Å². The number of carbonyl (C=O) groups is 1. The summed E-state index contributed by atoms with van der Waals surface area (Å²) in [5.74, 6) is 0.940. The standard InChI is InChI=1S/C19H20N2O3/c1-3-11-24-17-10-7-15(12-18(17)23-4-2)19(22)21-16-8-5-14(13-20)6-9-16/h5-10,12H,3-4,11H2,1-2H3,(H,21,22). The lowest BCUT2D eigenvalue weighted by atomic mass is 10.1. The van der Waals surface area contributed by atoms with E-state index >= 15 is 0 Å². The van der Waals surface area contributed by atoms with Gasteiger partial charge >= 0.3 is 0 Å². The van der Waals surface area contributed by atoms with Gasteiger partial charge < -0.3 is 14.8 Å². The number of hydrogen-bond donors (Lipinski definition) is 1. The van der Waals surface area contributed by atoms with Crippen molar-refractivity contribution in [2.24, 2.45) is 0 Å². The Morgan fingerprint density at radius 2 is 1.83 bits per heavy atom. The molecule has 24 heavy (non-hydrogen) atoms. The fraction of sp³-hybridized carbons (Fsp3) is 0.263. The average molecular weight is 324 g/mol. The van der Waals surface area contributed by atoms with E-state index in [0.29, 0.717) is 41.5 Å². The maximum absolute atomic E-state index is 12.4. The van der Waals surface area contributed by atoms with Gasteiger partial charge in [0.25, 0.3) is 5.91 Å². The number of anilines is 1. The molecule has 0 aliphatic heterocycles. The van der Waals surface area contributed by atoms with Crippen LogP contribution < -0.4 is 14.8 Å². The lowest BCUT2D eigenvalue weighted by Crippen LogP contribution is -2.12. The van der Waals surface area contributed by atoms with Crippen LogP contribution in [0.1, 0.15) is 36.2 Å². The fourth-order valence-electron chi connectivity index (χ4n) is 2.08. The van der Waals surface area contributed by atoms with Gasteiger partial charge in [-0.2, -0.15) is 5.26 Å². The first kappa shape index (κ1) is 17.4. The van der Waals surface area contributed by atoms with Crippen molar-refractivity contribution in [1.82, 2.24) is 0 Å². The quantitative estimate of drug-likeness (QED) is 0.835. The smallest absolute Gasteiger partial charge is 0.255 e. The van der Waals surface area contributed by atoms with E-state index in [9.17, 15) is 4.79 Å². The van der Waals surface area contributed by atoms with Crippen molar-refractivity contribution in [2.75, 3.05) is 18.5 Å². The van der Waals surface area contributed by atoms with Gasteiger partial charge in [-0.15, -0.1) is 0 Å². The number of nitrogens with one attached hydrogen (secondary N) is 1. The second-order valence-corrected chi connectivity index (χ2v) is 5.09. The number of nitrogens with zero attached hydrogens (tertiary/aromatic N) is 1. The molecule has 0 aliphatic rings. The molecule has 1 N–H and O–H groups in total. The number of ether oxygens (including phenoxy) is 2. The molecule has 0 aliphatic carbocycles. The maximum atomic E-state index is 12.4. The maximum Gasteiger partial charge on any atom is 0.255 e. The Morgan fingerprint density at radius 1 is 1.08 bits per heavy atom. The van der Waals surface area contributed by atoms with E-state index in [1.165, 1.54) is 0 Å². The SMILES string of the molecule is CCCOc1ccc(C(=O)Nc2ccc(C#N)cc2)cc1OCC. The molecular weight excluding hydrogens is 304 g/mol. The lowest BCUT2D eigenvalue weighted by Gasteiger charge is -2.13. The van der Waals surface area contributed by atoms with Gasteiger partial charge in [-0.3, -0.25) is 4.79 Å². The molecule has 2 aromatic carbocycles. The van der Waals surface area contributed by atoms with Crippen LogP contribution in [-0.4, -0.2) is 19.1 Å². The van der Waals surface area contributed by atoms with Crippen molar-refractivity contribution in [2.45, 2.75) is 20.3 Å². The first-order valence-corrected chi connectivity index (χ1v) is 7.89. The third kappa shape index (κ3) is 4.50. The van der Waals surface area contributed by atoms with E-state index in [1.807, 2.05) is 19.9 Å². The van der Waals surface area contributed by atoms with E-state index in [1.54, 1.807) is 42.5 Å². The molecule has 0 saturated heterocycles. The van der Waals surface area contributed by atoms with E-state index in [0.717, 1.165) is 6.42 Å². The van der Waals surface area contributed by atoms with Crippen LogP contribution in [0.4, 0.5) is 5.69 Å². The zero-order valence-corrected chi connectivity index (χ0v) is 13.8. The van der Waals surface area contributed by atoms with Crippen molar-refractivity contribution < 1.29 is 14.3 Å². The molecule has 0 bridgehead atoms. The van der Waals surface area contributed by atoms with Crippen molar-refractivity contribution in [3.63, 3.8) is 0 Å². The highest BCUT2D eigenvalue weighted by Crippen LogP contribution is 2.29. The molecule has 5 nitrogen and oxygen atoms in total. The van der Waals surface area contributed by atoms with Crippen LogP contribution >= 0.6 is 0 Å². The first-order valence-electron chi connectivity index (χ1n) is 7.89. The number of amides is 1. The van der Waals surface area contributed by atoms with Gasteiger partial charge in [0.05, 0.1) is 24.8 Å². The van der Waals surface area contributed by atoms with E-state index in [2.05, 4.69) is 5.32 Å². The molecule has 0 radical (unpaired) electrons. The van der Waals surface area contributed by atoms with Gasteiger partial charge in [-0.05, 0) is 55.8 Å². The number of carbonyl (C=O) groups excluding carboxylic acids is 1. The van der Waals surface area contributed by atoms with Crippen molar-refractivity contribution >= 4 is 11.6 Å². The summed E-state index contributed by atoms with van der Waals surface area (Å²) in [6.07, 6.45) is 0.895. The van der Waals surface area contributed by atoms with Crippen molar-refractivity contribution in [3.8, 4) is 17.6 Å². The number of rotatable bonds is 7. The summed E-state index contributed by atoms with van der Waals surface area (Å²) in [5, 5.41) is 11.6. The summed E-state index contributed by atoms with van der Waals surface area (Å²) < 4.78 is 11.2. The molecule has 124 valence electrons. The normalized spacial score (nSPS) is 9.88. The molecule has 2 rings (SSSR count). The van der Waals surface area contributed by atoms with Gasteiger partial charge in [-0.25, -0.2) is 0 Å². The highest BCUT2D eigenvalue weighted by molar-refractivity contribution is 6.04. The minimum Gasteiger partial charge on any atom is -0.490 e. The Kier molecular flexibility index (Phi) is 6.21. The van der Waals surface area contributed by atoms with Crippen LogP contribution in [0.5, 0.6) is 11.5 Å². The Bertz CT molecular complexity index is 733. The second-order valence-electron chi connectivity index (χ2n) is 5.09. The van der Waals surface area contributed by atoms with E-state index in [4.69, 9.17) is 14.7 Å². The molecule has 1 amide bonds. The summed E-state index contributed by atoms with van der Waals surface area (Å²) in [5.41, 5.74) is 1.65. The van der Waals surface area contributed by atoms with Crippen LogP contribution in [0.15, 0.2) is 42.5 Å². The predicted molar refractivity (Wildman–Crippen MR) is 92.5 cm³/mol. The third-order valence-corrected chi connectivity index (χ3v) is 3.24. The van der Waals surface area contributed by atoms with Crippen LogP contribution in [0.25, 0.3) is 0 Å². The van der Waals surface area contributed by atoms with Crippen molar-refractivity contribution in [1.29, 1.82) is 5.26 Å². The molecular formula is C19H20N2O3. The summed E-state index contributed by atoms with van der Waals surface area (Å²) in [6.45, 7) is 4.99. The van der Waals surface area contributed by atoms with Gasteiger partial charge in [0, 0.05) is 11.3 Å². The predicted octanol–water partition coefficient (Wildman–Crippen LogP) is 4.00. The van der Waals surface area contributed by atoms with Crippen LogP contribution in [-0.2, 0) is 0 Å².